The van der Waals surface area contributed by atoms with Crippen LogP contribution in [0, 0.1) is 0 Å². The van der Waals surface area contributed by atoms with Crippen LogP contribution >= 0.6 is 0 Å². The maximum Gasteiger partial charge on any atom is 0.417 e. The first kappa shape index (κ1) is 19.3. The molecule has 152 valence electrons. The lowest BCUT2D eigenvalue weighted by molar-refractivity contribution is -0.137. The summed E-state index contributed by atoms with van der Waals surface area (Å²) in [5, 5.41) is 4.12. The van der Waals surface area contributed by atoms with E-state index in [-0.39, 0.29) is 18.4 Å². The van der Waals surface area contributed by atoms with Gasteiger partial charge in [-0.25, -0.2) is 0 Å². The number of benzene rings is 1. The number of nitrogens with zero attached hydrogens (tertiary/aromatic N) is 3. The predicted molar refractivity (Wildman–Crippen MR) is 105 cm³/mol. The quantitative estimate of drug-likeness (QED) is 0.727. The number of alkyl halides is 3. The fraction of sp³-hybridized carbons (Fsp3) is 0.333. The van der Waals surface area contributed by atoms with Crippen LogP contribution in [0.1, 0.15) is 17.5 Å². The van der Waals surface area contributed by atoms with Gasteiger partial charge in [0.25, 0.3) is 0 Å². The van der Waals surface area contributed by atoms with Gasteiger partial charge in [-0.2, -0.15) is 13.2 Å². The lowest BCUT2D eigenvalue weighted by Gasteiger charge is -2.20. The smallest absolute Gasteiger partial charge is 0.368 e. The zero-order chi connectivity index (χ0) is 20.6. The Hall–Kier alpha value is -3.03. The largest absolute Gasteiger partial charge is 0.417 e. The minimum absolute atomic E-state index is 0.0902. The highest BCUT2D eigenvalue weighted by Crippen LogP contribution is 2.31. The van der Waals surface area contributed by atoms with Crippen molar-refractivity contribution in [3.05, 3.63) is 60.0 Å². The van der Waals surface area contributed by atoms with E-state index in [1.807, 2.05) is 47.0 Å². The zero-order valence-electron chi connectivity index (χ0n) is 15.9. The van der Waals surface area contributed by atoms with Crippen LogP contribution < -0.4 is 10.2 Å². The van der Waals surface area contributed by atoms with E-state index in [0.717, 1.165) is 28.7 Å². The van der Waals surface area contributed by atoms with Crippen molar-refractivity contribution in [2.45, 2.75) is 25.1 Å². The zero-order valence-corrected chi connectivity index (χ0v) is 15.9. The van der Waals surface area contributed by atoms with Gasteiger partial charge in [0.05, 0.1) is 23.9 Å². The fourth-order valence-electron chi connectivity index (χ4n) is 3.75. The number of hydrogen-bond acceptors (Lipinski definition) is 3. The average Bonchev–Trinajstić information content (AvgIpc) is 3.28. The van der Waals surface area contributed by atoms with Crippen LogP contribution in [0.2, 0.25) is 0 Å². The minimum Gasteiger partial charge on any atom is -0.368 e. The van der Waals surface area contributed by atoms with Gasteiger partial charge in [-0.15, -0.1) is 0 Å². The number of hydrogen-bond donors (Lipinski definition) is 1. The van der Waals surface area contributed by atoms with Gasteiger partial charge >= 0.3 is 6.18 Å². The molecule has 29 heavy (non-hydrogen) atoms. The highest BCUT2D eigenvalue weighted by Gasteiger charge is 2.32. The van der Waals surface area contributed by atoms with Crippen molar-refractivity contribution in [3.63, 3.8) is 0 Å². The van der Waals surface area contributed by atoms with Crippen LogP contribution in [0.3, 0.4) is 0 Å². The maximum atomic E-state index is 12.9. The Kier molecular flexibility index (Phi) is 4.94. The molecule has 0 aliphatic carbocycles. The Morgan fingerprint density at radius 1 is 1.24 bits per heavy atom. The van der Waals surface area contributed by atoms with Crippen molar-refractivity contribution in [2.24, 2.45) is 7.05 Å². The number of pyridine rings is 1. The summed E-state index contributed by atoms with van der Waals surface area (Å²) in [6, 6.07) is 8.97. The second-order valence-corrected chi connectivity index (χ2v) is 7.43. The highest BCUT2D eigenvalue weighted by atomic mass is 19.4. The van der Waals surface area contributed by atoms with Gasteiger partial charge in [0.1, 0.15) is 0 Å². The van der Waals surface area contributed by atoms with Gasteiger partial charge in [0.15, 0.2) is 0 Å². The van der Waals surface area contributed by atoms with Crippen molar-refractivity contribution in [2.75, 3.05) is 18.0 Å². The van der Waals surface area contributed by atoms with E-state index in [0.29, 0.717) is 25.2 Å². The number of halogens is 3. The number of nitrogens with one attached hydrogen (secondary N) is 1. The first-order chi connectivity index (χ1) is 13.8. The van der Waals surface area contributed by atoms with E-state index >= 15 is 0 Å². The van der Waals surface area contributed by atoms with Crippen molar-refractivity contribution >= 4 is 22.5 Å². The van der Waals surface area contributed by atoms with E-state index in [2.05, 4.69) is 10.3 Å². The normalized spacial score (nSPS) is 17.1. The second-order valence-electron chi connectivity index (χ2n) is 7.43. The molecule has 1 aliphatic heterocycles. The molecule has 1 fully saturated rings. The number of rotatable bonds is 4. The fourth-order valence-corrected chi connectivity index (χ4v) is 3.75. The molecule has 1 saturated heterocycles. The lowest BCUT2D eigenvalue weighted by Crippen LogP contribution is -2.38. The number of carbonyl (C=O) groups is 1. The molecule has 8 heteroatoms. The Labute approximate surface area is 166 Å². The third kappa shape index (κ3) is 4.21. The van der Waals surface area contributed by atoms with Gasteiger partial charge < -0.3 is 14.8 Å². The summed E-state index contributed by atoms with van der Waals surface area (Å²) in [5.41, 5.74) is 1.65. The van der Waals surface area contributed by atoms with E-state index < -0.39 is 11.7 Å². The van der Waals surface area contributed by atoms with Crippen molar-refractivity contribution in [3.8, 4) is 0 Å². The van der Waals surface area contributed by atoms with Gasteiger partial charge in [0, 0.05) is 44.1 Å². The number of fused-ring (bicyclic) bond motifs is 1. The molecule has 1 N–H and O–H groups in total. The van der Waals surface area contributed by atoms with E-state index in [9.17, 15) is 18.0 Å². The van der Waals surface area contributed by atoms with Gasteiger partial charge in [0.2, 0.25) is 5.91 Å². The lowest BCUT2D eigenvalue weighted by atomic mass is 10.1. The Bertz CT molecular complexity index is 1040. The molecule has 1 amide bonds. The number of aromatic nitrogens is 2. The summed E-state index contributed by atoms with van der Waals surface area (Å²) in [6.45, 7) is 1.04. The second kappa shape index (κ2) is 7.42. The molecule has 1 atom stereocenters. The molecule has 0 saturated carbocycles. The standard InChI is InChI=1S/C21H21F3N4O/c1-27-6-4-15-3-2-14(8-19(15)27)9-20(29)26-17-5-7-28(13-17)18-10-16(11-25-12-18)21(22,23)24/h2-4,6,8,10-12,17H,5,7,9,13H2,1H3,(H,26,29). The summed E-state index contributed by atoms with van der Waals surface area (Å²) in [7, 11) is 1.96. The number of carbonyl (C=O) groups excluding carboxylic acids is 1. The van der Waals surface area contributed by atoms with Crippen LogP contribution in [-0.4, -0.2) is 34.6 Å². The van der Waals surface area contributed by atoms with Crippen LogP contribution in [0.5, 0.6) is 0 Å². The van der Waals surface area contributed by atoms with Crippen molar-refractivity contribution in [1.82, 2.24) is 14.9 Å². The minimum atomic E-state index is -4.42. The van der Waals surface area contributed by atoms with Crippen LogP contribution in [-0.2, 0) is 24.4 Å². The molecule has 0 bridgehead atoms. The molecule has 2 aromatic heterocycles. The SMILES string of the molecule is Cn1ccc2ccc(CC(=O)NC3CCN(c4cncc(C(F)(F)F)c4)C3)cc21. The number of amides is 1. The third-order valence-electron chi connectivity index (χ3n) is 5.29. The van der Waals surface area contributed by atoms with Crippen LogP contribution in [0.4, 0.5) is 18.9 Å². The number of aryl methyl sites for hydroxylation is 1. The monoisotopic (exact) mass is 402 g/mol. The summed E-state index contributed by atoms with van der Waals surface area (Å²) < 4.78 is 40.7. The molecule has 3 aromatic rings. The molecule has 1 aromatic carbocycles. The summed E-state index contributed by atoms with van der Waals surface area (Å²) in [4.78, 5) is 18.0. The molecule has 0 spiro atoms. The van der Waals surface area contributed by atoms with E-state index in [1.165, 1.54) is 6.20 Å². The van der Waals surface area contributed by atoms with Gasteiger partial charge in [-0.1, -0.05) is 12.1 Å². The molecule has 3 heterocycles. The first-order valence-electron chi connectivity index (χ1n) is 9.40. The summed E-state index contributed by atoms with van der Waals surface area (Å²) in [6.07, 6.45) is 0.749. The maximum absolute atomic E-state index is 12.9. The molecule has 1 unspecified atom stereocenters. The van der Waals surface area contributed by atoms with Crippen molar-refractivity contribution in [1.29, 1.82) is 0 Å². The summed E-state index contributed by atoms with van der Waals surface area (Å²) in [5.74, 6) is -0.0902. The van der Waals surface area contributed by atoms with Crippen LogP contribution in [0.15, 0.2) is 48.9 Å². The first-order valence-corrected chi connectivity index (χ1v) is 9.40. The molecule has 5 nitrogen and oxygen atoms in total. The predicted octanol–water partition coefficient (Wildman–Crippen LogP) is 3.53. The Balaban J connectivity index is 1.37. The summed E-state index contributed by atoms with van der Waals surface area (Å²) >= 11 is 0. The Morgan fingerprint density at radius 2 is 2.07 bits per heavy atom. The topological polar surface area (TPSA) is 50.2 Å². The van der Waals surface area contributed by atoms with Crippen molar-refractivity contribution < 1.29 is 18.0 Å². The molecule has 4 rings (SSSR count). The molecule has 0 radical (unpaired) electrons. The van der Waals surface area contributed by atoms with Crippen LogP contribution in [0.25, 0.3) is 10.9 Å². The average molecular weight is 402 g/mol. The highest BCUT2D eigenvalue weighted by molar-refractivity contribution is 5.84. The van der Waals surface area contributed by atoms with E-state index in [4.69, 9.17) is 0 Å². The third-order valence-corrected chi connectivity index (χ3v) is 5.29. The van der Waals surface area contributed by atoms with Gasteiger partial charge in [-0.05, 0) is 35.6 Å². The Morgan fingerprint density at radius 3 is 2.86 bits per heavy atom. The molecule has 1 aliphatic rings. The van der Waals surface area contributed by atoms with Gasteiger partial charge in [-0.3, -0.25) is 9.78 Å². The molecular formula is C21H21F3N4O. The molecular weight excluding hydrogens is 381 g/mol. The van der Waals surface area contributed by atoms with E-state index in [1.54, 1.807) is 0 Å². The number of anilines is 1.